The van der Waals surface area contributed by atoms with Crippen molar-refractivity contribution in [3.05, 3.63) is 65.7 Å². The molecule has 164 valence electrons. The quantitative estimate of drug-likeness (QED) is 0.581. The number of nitrogens with zero attached hydrogens (tertiary/aromatic N) is 3. The van der Waals surface area contributed by atoms with Crippen LogP contribution in [0.4, 0.5) is 10.1 Å². The normalized spacial score (nSPS) is 15.1. The van der Waals surface area contributed by atoms with Gasteiger partial charge in [-0.05, 0) is 41.8 Å². The number of piperazine rings is 1. The highest BCUT2D eigenvalue weighted by Gasteiger charge is 2.21. The average Bonchev–Trinajstić information content (AvgIpc) is 3.29. The second-order valence-corrected chi connectivity index (χ2v) is 8.56. The fourth-order valence-corrected chi connectivity index (χ4v) is 4.10. The molecule has 2 aromatic carbocycles. The van der Waals surface area contributed by atoms with Gasteiger partial charge in [-0.25, -0.2) is 4.39 Å². The molecule has 2 heterocycles. The Morgan fingerprint density at radius 1 is 1.06 bits per heavy atom. The number of carbonyl (C=O) groups excluding carboxylic acids is 1. The van der Waals surface area contributed by atoms with Gasteiger partial charge in [0.1, 0.15) is 5.82 Å². The fourth-order valence-electron chi connectivity index (χ4n) is 4.10. The molecule has 5 nitrogen and oxygen atoms in total. The van der Waals surface area contributed by atoms with Crippen LogP contribution in [0.25, 0.3) is 11.0 Å². The Labute approximate surface area is 183 Å². The van der Waals surface area contributed by atoms with E-state index in [0.29, 0.717) is 23.4 Å². The first-order chi connectivity index (χ1) is 14.9. The molecule has 3 aromatic rings. The summed E-state index contributed by atoms with van der Waals surface area (Å²) in [6.45, 7) is 9.29. The van der Waals surface area contributed by atoms with E-state index in [9.17, 15) is 9.18 Å². The van der Waals surface area contributed by atoms with Crippen molar-refractivity contribution in [1.29, 1.82) is 0 Å². The Balaban J connectivity index is 1.29. The summed E-state index contributed by atoms with van der Waals surface area (Å²) in [5.74, 6) is 0.262. The molecule has 4 rings (SSSR count). The van der Waals surface area contributed by atoms with Crippen molar-refractivity contribution >= 4 is 22.6 Å². The monoisotopic (exact) mass is 423 g/mol. The first kappa shape index (κ1) is 21.4. The standard InChI is InChI=1S/C25H30FN3O2/c1-18(2)19-4-6-20(7-5-19)25(30)27(3)11-12-28-13-15-29(16-14-28)23-9-8-22(26)21-10-17-31-24(21)23/h4-10,17-18H,11-16H2,1-3H3. The summed E-state index contributed by atoms with van der Waals surface area (Å²) in [6.07, 6.45) is 1.54. The number of halogens is 1. The highest BCUT2D eigenvalue weighted by molar-refractivity contribution is 5.94. The zero-order valence-corrected chi connectivity index (χ0v) is 18.5. The second kappa shape index (κ2) is 9.10. The Morgan fingerprint density at radius 3 is 2.45 bits per heavy atom. The largest absolute Gasteiger partial charge is 0.462 e. The molecule has 0 bridgehead atoms. The van der Waals surface area contributed by atoms with Crippen LogP contribution in [0.2, 0.25) is 0 Å². The van der Waals surface area contributed by atoms with Crippen LogP contribution in [0.5, 0.6) is 0 Å². The van der Waals surface area contributed by atoms with Gasteiger partial charge in [-0.15, -0.1) is 0 Å². The van der Waals surface area contributed by atoms with Crippen molar-refractivity contribution < 1.29 is 13.6 Å². The number of fused-ring (bicyclic) bond motifs is 1. The first-order valence-corrected chi connectivity index (χ1v) is 10.9. The van der Waals surface area contributed by atoms with E-state index < -0.39 is 0 Å². The molecule has 6 heteroatoms. The maximum atomic E-state index is 13.9. The van der Waals surface area contributed by atoms with Crippen molar-refractivity contribution in [3.8, 4) is 0 Å². The molecular formula is C25H30FN3O2. The molecule has 0 aliphatic carbocycles. The minimum atomic E-state index is -0.252. The number of hydrogen-bond acceptors (Lipinski definition) is 4. The first-order valence-electron chi connectivity index (χ1n) is 10.9. The van der Waals surface area contributed by atoms with Gasteiger partial charge < -0.3 is 14.2 Å². The molecule has 0 spiro atoms. The van der Waals surface area contributed by atoms with Gasteiger partial charge in [-0.1, -0.05) is 26.0 Å². The molecule has 0 unspecified atom stereocenters. The summed E-state index contributed by atoms with van der Waals surface area (Å²) in [5.41, 5.74) is 3.53. The third-order valence-corrected chi connectivity index (χ3v) is 6.18. The van der Waals surface area contributed by atoms with Crippen LogP contribution in [0.15, 0.2) is 53.1 Å². The minimum Gasteiger partial charge on any atom is -0.462 e. The molecular weight excluding hydrogens is 393 g/mol. The number of hydrogen-bond donors (Lipinski definition) is 0. The van der Waals surface area contributed by atoms with E-state index in [1.54, 1.807) is 17.0 Å². The van der Waals surface area contributed by atoms with Gasteiger partial charge in [0.2, 0.25) is 0 Å². The number of benzene rings is 2. The van der Waals surface area contributed by atoms with Gasteiger partial charge in [-0.3, -0.25) is 9.69 Å². The Bertz CT molecular complexity index is 1040. The summed E-state index contributed by atoms with van der Waals surface area (Å²) in [4.78, 5) is 19.1. The fraction of sp³-hybridized carbons (Fsp3) is 0.400. The summed E-state index contributed by atoms with van der Waals surface area (Å²) >= 11 is 0. The summed E-state index contributed by atoms with van der Waals surface area (Å²) in [5, 5.41) is 0.529. The molecule has 1 fully saturated rings. The lowest BCUT2D eigenvalue weighted by Gasteiger charge is -2.36. The number of anilines is 1. The molecule has 31 heavy (non-hydrogen) atoms. The van der Waals surface area contributed by atoms with E-state index in [1.807, 2.05) is 31.3 Å². The minimum absolute atomic E-state index is 0.0560. The second-order valence-electron chi connectivity index (χ2n) is 8.56. The molecule has 1 aliphatic heterocycles. The third kappa shape index (κ3) is 4.59. The van der Waals surface area contributed by atoms with Crippen molar-refractivity contribution in [2.45, 2.75) is 19.8 Å². The Kier molecular flexibility index (Phi) is 6.28. The lowest BCUT2D eigenvalue weighted by Crippen LogP contribution is -2.48. The van der Waals surface area contributed by atoms with Gasteiger partial charge >= 0.3 is 0 Å². The Hall–Kier alpha value is -2.86. The van der Waals surface area contributed by atoms with Gasteiger partial charge in [0, 0.05) is 51.9 Å². The van der Waals surface area contributed by atoms with E-state index in [4.69, 9.17) is 4.42 Å². The molecule has 0 atom stereocenters. The zero-order valence-electron chi connectivity index (χ0n) is 18.5. The van der Waals surface area contributed by atoms with Crippen molar-refractivity contribution in [3.63, 3.8) is 0 Å². The SMILES string of the molecule is CC(C)c1ccc(C(=O)N(C)CCN2CCN(c3ccc(F)c4ccoc34)CC2)cc1. The molecule has 0 saturated carbocycles. The van der Waals surface area contributed by atoms with Crippen LogP contribution in [0, 0.1) is 5.82 Å². The van der Waals surface area contributed by atoms with Crippen LogP contribution in [0.1, 0.15) is 35.7 Å². The molecule has 1 saturated heterocycles. The third-order valence-electron chi connectivity index (χ3n) is 6.18. The molecule has 1 aliphatic rings. The topological polar surface area (TPSA) is 39.9 Å². The number of amides is 1. The molecule has 0 radical (unpaired) electrons. The summed E-state index contributed by atoms with van der Waals surface area (Å²) in [7, 11) is 1.86. The van der Waals surface area contributed by atoms with E-state index in [2.05, 4.69) is 23.6 Å². The Morgan fingerprint density at radius 2 is 1.77 bits per heavy atom. The van der Waals surface area contributed by atoms with E-state index >= 15 is 0 Å². The average molecular weight is 424 g/mol. The van der Waals surface area contributed by atoms with Gasteiger partial charge in [-0.2, -0.15) is 0 Å². The van der Waals surface area contributed by atoms with Crippen LogP contribution in [-0.4, -0.2) is 62.0 Å². The maximum absolute atomic E-state index is 13.9. The predicted octanol–water partition coefficient (Wildman–Crippen LogP) is 4.59. The lowest BCUT2D eigenvalue weighted by molar-refractivity contribution is 0.0776. The van der Waals surface area contributed by atoms with Crippen molar-refractivity contribution in [1.82, 2.24) is 9.80 Å². The molecule has 1 aromatic heterocycles. The van der Waals surface area contributed by atoms with Gasteiger partial charge in [0.05, 0.1) is 17.3 Å². The van der Waals surface area contributed by atoms with Crippen LogP contribution < -0.4 is 4.90 Å². The van der Waals surface area contributed by atoms with Crippen molar-refractivity contribution in [2.24, 2.45) is 0 Å². The number of furan rings is 1. The smallest absolute Gasteiger partial charge is 0.253 e. The molecule has 0 N–H and O–H groups in total. The zero-order chi connectivity index (χ0) is 22.0. The number of rotatable bonds is 6. The highest BCUT2D eigenvalue weighted by atomic mass is 19.1. The van der Waals surface area contributed by atoms with Gasteiger partial charge in [0.15, 0.2) is 5.58 Å². The number of likely N-dealkylation sites (N-methyl/N-ethyl adjacent to an activating group) is 1. The summed E-state index contributed by atoms with van der Waals surface area (Å²) < 4.78 is 19.5. The van der Waals surface area contributed by atoms with E-state index in [-0.39, 0.29) is 11.7 Å². The molecule has 1 amide bonds. The van der Waals surface area contributed by atoms with E-state index in [1.165, 1.54) is 17.9 Å². The highest BCUT2D eigenvalue weighted by Crippen LogP contribution is 2.30. The van der Waals surface area contributed by atoms with Crippen LogP contribution in [0.3, 0.4) is 0 Å². The maximum Gasteiger partial charge on any atom is 0.253 e. The van der Waals surface area contributed by atoms with Crippen molar-refractivity contribution in [2.75, 3.05) is 51.2 Å². The number of carbonyl (C=O) groups is 1. The van der Waals surface area contributed by atoms with Gasteiger partial charge in [0.25, 0.3) is 5.91 Å². The predicted molar refractivity (Wildman–Crippen MR) is 122 cm³/mol. The van der Waals surface area contributed by atoms with E-state index in [0.717, 1.165) is 44.0 Å². The van der Waals surface area contributed by atoms with Crippen LogP contribution in [-0.2, 0) is 0 Å². The van der Waals surface area contributed by atoms with Crippen LogP contribution >= 0.6 is 0 Å². The summed E-state index contributed by atoms with van der Waals surface area (Å²) in [6, 6.07) is 12.9. The lowest BCUT2D eigenvalue weighted by atomic mass is 10.0.